The molecular weight excluding hydrogens is 416 g/mol. The lowest BCUT2D eigenvalue weighted by Gasteiger charge is -2.06. The molecule has 0 radical (unpaired) electrons. The minimum absolute atomic E-state index is 0.145. The summed E-state index contributed by atoms with van der Waals surface area (Å²) in [5, 5.41) is 4.10. The van der Waals surface area contributed by atoms with Gasteiger partial charge < -0.3 is 10.1 Å². The van der Waals surface area contributed by atoms with E-state index in [1.54, 1.807) is 0 Å². The van der Waals surface area contributed by atoms with Crippen LogP contribution in [-0.4, -0.2) is 11.1 Å². The Labute approximate surface area is 184 Å². The third-order valence-electron chi connectivity index (χ3n) is 4.41. The van der Waals surface area contributed by atoms with Crippen LogP contribution < -0.4 is 10.1 Å². The highest BCUT2D eigenvalue weighted by Crippen LogP contribution is 2.28. The fourth-order valence-electron chi connectivity index (χ4n) is 2.78. The largest absolute Gasteiger partial charge is 0.489 e. The number of aliphatic imine (C=N–C) groups is 1. The van der Waals surface area contributed by atoms with Crippen molar-refractivity contribution in [3.05, 3.63) is 99.4 Å². The Bertz CT molecular complexity index is 1110. The molecule has 1 aliphatic rings. The summed E-state index contributed by atoms with van der Waals surface area (Å²) >= 11 is 7.23. The lowest BCUT2D eigenvalue weighted by atomic mass is 10.2. The van der Waals surface area contributed by atoms with Gasteiger partial charge in [0, 0.05) is 5.02 Å². The molecule has 1 aliphatic heterocycles. The summed E-state index contributed by atoms with van der Waals surface area (Å²) in [5.41, 5.74) is 3.95. The Morgan fingerprint density at radius 1 is 1.00 bits per heavy atom. The molecule has 150 valence electrons. The van der Waals surface area contributed by atoms with E-state index in [-0.39, 0.29) is 5.91 Å². The van der Waals surface area contributed by atoms with Crippen molar-refractivity contribution in [1.29, 1.82) is 0 Å². The van der Waals surface area contributed by atoms with Crippen LogP contribution in [0.3, 0.4) is 0 Å². The molecule has 0 spiro atoms. The number of rotatable bonds is 5. The van der Waals surface area contributed by atoms with Gasteiger partial charge in [-0.25, -0.2) is 4.99 Å². The third-order valence-corrected chi connectivity index (χ3v) is 5.57. The van der Waals surface area contributed by atoms with Gasteiger partial charge in [-0.15, -0.1) is 0 Å². The zero-order chi connectivity index (χ0) is 20.9. The Kier molecular flexibility index (Phi) is 6.21. The molecular formula is C24H19ClN2O2S. The van der Waals surface area contributed by atoms with Crippen molar-refractivity contribution in [3.8, 4) is 5.75 Å². The van der Waals surface area contributed by atoms with Gasteiger partial charge in [0.05, 0.1) is 10.6 Å². The number of hydrogen-bond donors (Lipinski definition) is 1. The van der Waals surface area contributed by atoms with Gasteiger partial charge >= 0.3 is 0 Å². The van der Waals surface area contributed by atoms with Crippen LogP contribution in [0.5, 0.6) is 5.75 Å². The van der Waals surface area contributed by atoms with Crippen molar-refractivity contribution in [2.75, 3.05) is 0 Å². The normalized spacial score (nSPS) is 16.1. The van der Waals surface area contributed by atoms with Crippen molar-refractivity contribution in [2.24, 2.45) is 4.99 Å². The Morgan fingerprint density at radius 3 is 2.40 bits per heavy atom. The average molecular weight is 435 g/mol. The van der Waals surface area contributed by atoms with E-state index in [0.29, 0.717) is 21.7 Å². The summed E-state index contributed by atoms with van der Waals surface area (Å²) in [6.07, 6.45) is 1.85. The minimum atomic E-state index is -0.145. The minimum Gasteiger partial charge on any atom is -0.489 e. The van der Waals surface area contributed by atoms with Gasteiger partial charge in [-0.1, -0.05) is 53.6 Å². The summed E-state index contributed by atoms with van der Waals surface area (Å²) < 4.78 is 5.80. The molecule has 0 aromatic heterocycles. The van der Waals surface area contributed by atoms with Crippen LogP contribution in [0.15, 0.2) is 82.7 Å². The molecule has 1 fully saturated rings. The predicted molar refractivity (Wildman–Crippen MR) is 124 cm³/mol. The van der Waals surface area contributed by atoms with Gasteiger partial charge in [-0.3, -0.25) is 4.79 Å². The molecule has 1 heterocycles. The molecule has 4 nitrogen and oxygen atoms in total. The van der Waals surface area contributed by atoms with Gasteiger partial charge in [-0.05, 0) is 72.3 Å². The number of thioether (sulfide) groups is 1. The van der Waals surface area contributed by atoms with Crippen LogP contribution in [0.2, 0.25) is 5.02 Å². The van der Waals surface area contributed by atoms with E-state index in [9.17, 15) is 4.79 Å². The SMILES string of the molecule is Cc1ccc(N=C2NC(=O)/C(=C/c3ccc(OCc4ccc(Cl)cc4)cc3)S2)cc1. The summed E-state index contributed by atoms with van der Waals surface area (Å²) in [7, 11) is 0. The molecule has 4 rings (SSSR count). The van der Waals surface area contributed by atoms with E-state index >= 15 is 0 Å². The maximum atomic E-state index is 12.3. The molecule has 30 heavy (non-hydrogen) atoms. The quantitative estimate of drug-likeness (QED) is 0.492. The second-order valence-corrected chi connectivity index (χ2v) is 8.27. The van der Waals surface area contributed by atoms with Crippen molar-refractivity contribution in [2.45, 2.75) is 13.5 Å². The number of ether oxygens (including phenoxy) is 1. The second kappa shape index (κ2) is 9.20. The van der Waals surface area contributed by atoms with E-state index in [1.165, 1.54) is 17.3 Å². The van der Waals surface area contributed by atoms with Crippen molar-refractivity contribution >= 4 is 46.2 Å². The second-order valence-electron chi connectivity index (χ2n) is 6.80. The van der Waals surface area contributed by atoms with Gasteiger partial charge in [-0.2, -0.15) is 0 Å². The highest BCUT2D eigenvalue weighted by molar-refractivity contribution is 8.18. The number of nitrogens with one attached hydrogen (secondary N) is 1. The third kappa shape index (κ3) is 5.32. The van der Waals surface area contributed by atoms with Gasteiger partial charge in [0.25, 0.3) is 5.91 Å². The predicted octanol–water partition coefficient (Wildman–Crippen LogP) is 6.12. The molecule has 1 N–H and O–H groups in total. The number of hydrogen-bond acceptors (Lipinski definition) is 4. The number of nitrogens with zero attached hydrogens (tertiary/aromatic N) is 1. The van der Waals surface area contributed by atoms with Crippen LogP contribution in [0, 0.1) is 6.92 Å². The van der Waals surface area contributed by atoms with E-state index in [1.807, 2.05) is 85.8 Å². The lowest BCUT2D eigenvalue weighted by molar-refractivity contribution is -0.115. The standard InChI is InChI=1S/C24H19ClN2O2S/c1-16-2-10-20(11-3-16)26-24-27-23(28)22(30-24)14-17-6-12-21(13-7-17)29-15-18-4-8-19(25)9-5-18/h2-14H,15H2,1H3,(H,26,27,28)/b22-14-. The van der Waals surface area contributed by atoms with Crippen molar-refractivity contribution in [3.63, 3.8) is 0 Å². The van der Waals surface area contributed by atoms with E-state index in [4.69, 9.17) is 16.3 Å². The fourth-order valence-corrected chi connectivity index (χ4v) is 3.74. The Balaban J connectivity index is 1.39. The molecule has 0 unspecified atom stereocenters. The first kappa shape index (κ1) is 20.3. The van der Waals surface area contributed by atoms with Crippen LogP contribution in [0.4, 0.5) is 5.69 Å². The maximum absolute atomic E-state index is 12.3. The highest BCUT2D eigenvalue weighted by Gasteiger charge is 2.23. The number of amidine groups is 1. The fraction of sp³-hybridized carbons (Fsp3) is 0.0833. The van der Waals surface area contributed by atoms with Gasteiger partial charge in [0.2, 0.25) is 0 Å². The number of benzene rings is 3. The summed E-state index contributed by atoms with van der Waals surface area (Å²) in [5.74, 6) is 0.617. The van der Waals surface area contributed by atoms with Crippen molar-refractivity contribution in [1.82, 2.24) is 5.32 Å². The Morgan fingerprint density at radius 2 is 1.70 bits per heavy atom. The first-order chi connectivity index (χ1) is 14.5. The van der Waals surface area contributed by atoms with Crippen LogP contribution in [-0.2, 0) is 11.4 Å². The van der Waals surface area contributed by atoms with E-state index in [0.717, 1.165) is 22.6 Å². The van der Waals surface area contributed by atoms with Crippen molar-refractivity contribution < 1.29 is 9.53 Å². The monoisotopic (exact) mass is 434 g/mol. The van der Waals surface area contributed by atoms with Gasteiger partial charge in [0.15, 0.2) is 5.17 Å². The molecule has 0 bridgehead atoms. The molecule has 1 amide bonds. The zero-order valence-electron chi connectivity index (χ0n) is 16.3. The maximum Gasteiger partial charge on any atom is 0.264 e. The number of amides is 1. The number of aryl methyl sites for hydroxylation is 1. The van der Waals surface area contributed by atoms with E-state index < -0.39 is 0 Å². The molecule has 3 aromatic rings. The molecule has 1 saturated heterocycles. The van der Waals surface area contributed by atoms with Gasteiger partial charge in [0.1, 0.15) is 12.4 Å². The number of carbonyl (C=O) groups excluding carboxylic acids is 1. The van der Waals surface area contributed by atoms with E-state index in [2.05, 4.69) is 10.3 Å². The number of halogens is 1. The topological polar surface area (TPSA) is 50.7 Å². The molecule has 0 aliphatic carbocycles. The first-order valence-corrected chi connectivity index (χ1v) is 10.6. The van der Waals surface area contributed by atoms with Crippen LogP contribution in [0.1, 0.15) is 16.7 Å². The van der Waals surface area contributed by atoms with Crippen LogP contribution >= 0.6 is 23.4 Å². The molecule has 0 saturated carbocycles. The first-order valence-electron chi connectivity index (χ1n) is 9.39. The Hall–Kier alpha value is -3.02. The lowest BCUT2D eigenvalue weighted by Crippen LogP contribution is -2.19. The summed E-state index contributed by atoms with van der Waals surface area (Å²) in [6, 6.07) is 23.0. The zero-order valence-corrected chi connectivity index (χ0v) is 17.8. The average Bonchev–Trinajstić information content (AvgIpc) is 3.09. The molecule has 3 aromatic carbocycles. The summed E-state index contributed by atoms with van der Waals surface area (Å²) in [6.45, 7) is 2.49. The van der Waals surface area contributed by atoms with Crippen LogP contribution in [0.25, 0.3) is 6.08 Å². The number of carbonyl (C=O) groups is 1. The molecule has 0 atom stereocenters. The highest BCUT2D eigenvalue weighted by atomic mass is 35.5. The molecule has 6 heteroatoms. The smallest absolute Gasteiger partial charge is 0.264 e. The summed E-state index contributed by atoms with van der Waals surface area (Å²) in [4.78, 5) is 17.4.